The number of aliphatic carboxylic acids is 1. The maximum atomic E-state index is 13.0. The molecule has 0 spiro atoms. The van der Waals surface area contributed by atoms with Gasteiger partial charge in [-0.2, -0.15) is 0 Å². The van der Waals surface area contributed by atoms with Gasteiger partial charge in [-0.15, -0.1) is 0 Å². The van der Waals surface area contributed by atoms with Gasteiger partial charge in [-0.25, -0.2) is 0 Å². The maximum Gasteiger partial charge on any atom is 0.305 e. The van der Waals surface area contributed by atoms with E-state index in [0.717, 1.165) is 0 Å². The molecule has 16 heteroatoms. The summed E-state index contributed by atoms with van der Waals surface area (Å²) in [4.78, 5) is 23.8. The van der Waals surface area contributed by atoms with Crippen molar-refractivity contribution in [3.63, 3.8) is 0 Å². The molecule has 0 aliphatic carbocycles. The Balaban J connectivity index is 2.20. The zero-order chi connectivity index (χ0) is 28.1. The standard InChI is InChI=1S/C21H37NO15/c1-21(2,7-34-19-15(31)13(29)11(27)8(5-23)35-19)17(18(33)22-4-3-10(25)26)37-20-16(32)14(30)12(28)9(6-24)36-20/h8-9,11-17,19-20,23-24,27-32H,3-7H2,1-2H3,(H,22,33)(H,25,26)/t8?,9?,11-,12+,13+,14?,15?,16?,17-,19+,20+/m0/s1. The molecule has 37 heavy (non-hydrogen) atoms. The summed E-state index contributed by atoms with van der Waals surface area (Å²) in [6.45, 7) is 0.772. The summed E-state index contributed by atoms with van der Waals surface area (Å²) in [6, 6.07) is 0. The van der Waals surface area contributed by atoms with Crippen LogP contribution < -0.4 is 5.32 Å². The monoisotopic (exact) mass is 543 g/mol. The highest BCUT2D eigenvalue weighted by molar-refractivity contribution is 5.82. The van der Waals surface area contributed by atoms with Crippen molar-refractivity contribution in [2.75, 3.05) is 26.4 Å². The van der Waals surface area contributed by atoms with Crippen molar-refractivity contribution in [1.29, 1.82) is 0 Å². The molecule has 0 saturated carbocycles. The highest BCUT2D eigenvalue weighted by atomic mass is 16.7. The van der Waals surface area contributed by atoms with Crippen molar-refractivity contribution in [3.8, 4) is 0 Å². The largest absolute Gasteiger partial charge is 0.481 e. The van der Waals surface area contributed by atoms with E-state index in [-0.39, 0.29) is 6.54 Å². The Morgan fingerprint density at radius 2 is 1.32 bits per heavy atom. The van der Waals surface area contributed by atoms with Crippen molar-refractivity contribution in [2.24, 2.45) is 5.41 Å². The Morgan fingerprint density at radius 1 is 0.838 bits per heavy atom. The van der Waals surface area contributed by atoms with Gasteiger partial charge < -0.3 is 70.2 Å². The Labute approximate surface area is 212 Å². The fraction of sp³-hybridized carbons (Fsp3) is 0.905. The molecule has 10 N–H and O–H groups in total. The number of aliphatic hydroxyl groups is 8. The van der Waals surface area contributed by atoms with Crippen LogP contribution in [0.15, 0.2) is 0 Å². The number of carbonyl (C=O) groups excluding carboxylic acids is 1. The minimum Gasteiger partial charge on any atom is -0.481 e. The third-order valence-corrected chi connectivity index (χ3v) is 6.17. The molecule has 0 aromatic heterocycles. The van der Waals surface area contributed by atoms with Gasteiger partial charge in [0.25, 0.3) is 0 Å². The highest BCUT2D eigenvalue weighted by Crippen LogP contribution is 2.31. The summed E-state index contributed by atoms with van der Waals surface area (Å²) in [5, 5.41) is 90.4. The van der Waals surface area contributed by atoms with E-state index in [9.17, 15) is 50.4 Å². The number of carboxylic acid groups (broad SMARTS) is 1. The molecule has 0 aromatic rings. The summed E-state index contributed by atoms with van der Waals surface area (Å²) >= 11 is 0. The maximum absolute atomic E-state index is 13.0. The average molecular weight is 544 g/mol. The normalized spacial score (nSPS) is 37.7. The molecule has 11 atom stereocenters. The first-order chi connectivity index (χ1) is 17.2. The predicted molar refractivity (Wildman–Crippen MR) is 117 cm³/mol. The lowest BCUT2D eigenvalue weighted by atomic mass is 9.86. The van der Waals surface area contributed by atoms with E-state index in [4.69, 9.17) is 24.1 Å². The molecule has 2 rings (SSSR count). The van der Waals surface area contributed by atoms with Gasteiger partial charge >= 0.3 is 5.97 Å². The third kappa shape index (κ3) is 7.75. The van der Waals surface area contributed by atoms with Crippen LogP contribution in [0, 0.1) is 5.41 Å². The van der Waals surface area contributed by atoms with Crippen LogP contribution in [-0.2, 0) is 28.5 Å². The molecule has 0 aromatic carbocycles. The topological polar surface area (TPSA) is 265 Å². The lowest BCUT2D eigenvalue weighted by Crippen LogP contribution is -2.62. The number of carbonyl (C=O) groups is 2. The molecule has 1 amide bonds. The second-order valence-electron chi connectivity index (χ2n) is 9.65. The Kier molecular flexibility index (Phi) is 11.6. The molecule has 16 nitrogen and oxygen atoms in total. The molecule has 216 valence electrons. The zero-order valence-electron chi connectivity index (χ0n) is 20.4. The summed E-state index contributed by atoms with van der Waals surface area (Å²) < 4.78 is 21.8. The fourth-order valence-corrected chi connectivity index (χ4v) is 3.88. The summed E-state index contributed by atoms with van der Waals surface area (Å²) in [5.74, 6) is -2.04. The van der Waals surface area contributed by atoms with E-state index in [1.165, 1.54) is 13.8 Å². The van der Waals surface area contributed by atoms with Crippen LogP contribution in [0.3, 0.4) is 0 Å². The first-order valence-electron chi connectivity index (χ1n) is 11.6. The van der Waals surface area contributed by atoms with Gasteiger partial charge in [-0.3, -0.25) is 9.59 Å². The van der Waals surface area contributed by atoms with Crippen molar-refractivity contribution in [2.45, 2.75) is 87.8 Å². The van der Waals surface area contributed by atoms with E-state index >= 15 is 0 Å². The van der Waals surface area contributed by atoms with Crippen molar-refractivity contribution in [3.05, 3.63) is 0 Å². The van der Waals surface area contributed by atoms with Gasteiger partial charge in [-0.1, -0.05) is 13.8 Å². The van der Waals surface area contributed by atoms with Crippen LogP contribution in [0.2, 0.25) is 0 Å². The number of hydrogen-bond acceptors (Lipinski definition) is 14. The highest BCUT2D eigenvalue weighted by Gasteiger charge is 2.49. The van der Waals surface area contributed by atoms with Crippen molar-refractivity contribution >= 4 is 11.9 Å². The van der Waals surface area contributed by atoms with E-state index in [0.29, 0.717) is 0 Å². The average Bonchev–Trinajstić information content (AvgIpc) is 2.84. The van der Waals surface area contributed by atoms with E-state index in [1.54, 1.807) is 0 Å². The quantitative estimate of drug-likeness (QED) is 0.110. The number of rotatable bonds is 12. The minimum atomic E-state index is -1.84. The van der Waals surface area contributed by atoms with Gasteiger partial charge in [0.05, 0.1) is 26.2 Å². The lowest BCUT2D eigenvalue weighted by molar-refractivity contribution is -0.324. The van der Waals surface area contributed by atoms with Gasteiger partial charge in [0.1, 0.15) is 54.9 Å². The Morgan fingerprint density at radius 3 is 1.81 bits per heavy atom. The molecular weight excluding hydrogens is 506 g/mol. The molecule has 0 bridgehead atoms. The summed E-state index contributed by atoms with van der Waals surface area (Å²) in [6.07, 6.45) is -18.1. The second-order valence-corrected chi connectivity index (χ2v) is 9.65. The van der Waals surface area contributed by atoms with Crippen molar-refractivity contribution in [1.82, 2.24) is 5.32 Å². The van der Waals surface area contributed by atoms with Crippen LogP contribution in [0.25, 0.3) is 0 Å². The predicted octanol–water partition coefficient (Wildman–Crippen LogP) is -5.39. The lowest BCUT2D eigenvalue weighted by Gasteiger charge is -2.44. The van der Waals surface area contributed by atoms with Crippen LogP contribution in [0.5, 0.6) is 0 Å². The van der Waals surface area contributed by atoms with Gasteiger partial charge in [-0.05, 0) is 0 Å². The molecule has 2 heterocycles. The van der Waals surface area contributed by atoms with Crippen LogP contribution in [0.1, 0.15) is 20.3 Å². The van der Waals surface area contributed by atoms with E-state index < -0.39 is 111 Å². The van der Waals surface area contributed by atoms with Crippen LogP contribution in [0.4, 0.5) is 0 Å². The molecule has 5 unspecified atom stereocenters. The minimum absolute atomic E-state index is 0.285. The van der Waals surface area contributed by atoms with Gasteiger partial charge in [0, 0.05) is 12.0 Å². The fourth-order valence-electron chi connectivity index (χ4n) is 3.88. The van der Waals surface area contributed by atoms with E-state index in [1.807, 2.05) is 0 Å². The summed E-state index contributed by atoms with van der Waals surface area (Å²) in [5.41, 5.74) is -1.36. The van der Waals surface area contributed by atoms with Gasteiger partial charge in [0.2, 0.25) is 5.91 Å². The number of nitrogens with one attached hydrogen (secondary N) is 1. The van der Waals surface area contributed by atoms with Crippen LogP contribution in [-0.4, -0.2) is 152 Å². The zero-order valence-corrected chi connectivity index (χ0v) is 20.4. The molecule has 2 aliphatic heterocycles. The number of hydrogen-bond donors (Lipinski definition) is 10. The smallest absolute Gasteiger partial charge is 0.305 e. The number of carboxylic acids is 1. The molecule has 2 saturated heterocycles. The number of aliphatic hydroxyl groups excluding tert-OH is 8. The Hall–Kier alpha value is -1.54. The Bertz CT molecular complexity index is 749. The number of ether oxygens (including phenoxy) is 4. The van der Waals surface area contributed by atoms with Crippen LogP contribution >= 0.6 is 0 Å². The SMILES string of the molecule is CC(C)(CO[C@@H]1OC(CO)[C@H](O)[C@@H](O)C1O)[C@@H](O[C@H]1OC(CO)[C@@H](O)C(O)C1O)C(=O)NCCC(=O)O. The first kappa shape index (κ1) is 31.7. The second kappa shape index (κ2) is 13.5. The molecule has 2 fully saturated rings. The summed E-state index contributed by atoms with van der Waals surface area (Å²) in [7, 11) is 0. The van der Waals surface area contributed by atoms with Gasteiger partial charge in [0.15, 0.2) is 12.6 Å². The van der Waals surface area contributed by atoms with Crippen molar-refractivity contribution < 1.29 is 74.5 Å². The first-order valence-corrected chi connectivity index (χ1v) is 11.6. The number of amides is 1. The molecule has 0 radical (unpaired) electrons. The molecular formula is C21H37NO15. The molecule has 2 aliphatic rings. The van der Waals surface area contributed by atoms with E-state index in [2.05, 4.69) is 5.32 Å². The third-order valence-electron chi connectivity index (χ3n) is 6.17.